The van der Waals surface area contributed by atoms with Crippen molar-refractivity contribution < 1.29 is 0 Å². The van der Waals surface area contributed by atoms with Gasteiger partial charge in [-0.3, -0.25) is 0 Å². The highest BCUT2D eigenvalue weighted by Gasteiger charge is 2.24. The Morgan fingerprint density at radius 3 is 2.04 bits per heavy atom. The van der Waals surface area contributed by atoms with E-state index >= 15 is 0 Å². The second kappa shape index (κ2) is 6.68. The van der Waals surface area contributed by atoms with Crippen molar-refractivity contribution in [1.82, 2.24) is 18.7 Å². The van der Waals surface area contributed by atoms with Crippen molar-refractivity contribution in [3.63, 3.8) is 0 Å². The van der Waals surface area contributed by atoms with Crippen molar-refractivity contribution in [2.24, 2.45) is 0 Å². The molecule has 1 aliphatic heterocycles. The predicted molar refractivity (Wildman–Crippen MR) is 96.9 cm³/mol. The quantitative estimate of drug-likeness (QED) is 0.846. The average Bonchev–Trinajstić information content (AvgIpc) is 3.12. The van der Waals surface area contributed by atoms with Crippen LogP contribution in [-0.4, -0.2) is 44.9 Å². The molecule has 0 spiro atoms. The Labute approximate surface area is 145 Å². The minimum Gasteiger partial charge on any atom is -0.345 e. The lowest BCUT2D eigenvalue weighted by atomic mass is 9.96. The molecule has 6 nitrogen and oxygen atoms in total. The summed E-state index contributed by atoms with van der Waals surface area (Å²) in [7, 11) is 0. The van der Waals surface area contributed by atoms with E-state index in [2.05, 4.69) is 51.2 Å². The number of anilines is 2. The molecule has 0 unspecified atom stereocenters. The summed E-state index contributed by atoms with van der Waals surface area (Å²) < 4.78 is 8.94. The average molecular weight is 353 g/mol. The molecule has 1 saturated heterocycles. The van der Waals surface area contributed by atoms with Crippen LogP contribution in [0.25, 0.3) is 0 Å². The van der Waals surface area contributed by atoms with E-state index in [1.807, 2.05) is 0 Å². The van der Waals surface area contributed by atoms with E-state index < -0.39 is 0 Å². The van der Waals surface area contributed by atoms with E-state index in [0.29, 0.717) is 0 Å². The Hall–Kier alpha value is -1.28. The summed E-state index contributed by atoms with van der Waals surface area (Å²) in [6.07, 6.45) is 2.00. The highest BCUT2D eigenvalue weighted by Crippen LogP contribution is 2.27. The van der Waals surface area contributed by atoms with Gasteiger partial charge in [-0.05, 0) is 6.42 Å². The molecule has 2 aromatic rings. The molecule has 0 N–H and O–H groups in total. The third-order valence-corrected chi connectivity index (χ3v) is 5.49. The van der Waals surface area contributed by atoms with Crippen LogP contribution in [0.3, 0.4) is 0 Å². The van der Waals surface area contributed by atoms with Gasteiger partial charge in [0.2, 0.25) is 10.3 Å². The Bertz CT molecular complexity index is 644. The molecule has 0 saturated carbocycles. The van der Waals surface area contributed by atoms with Gasteiger partial charge in [-0.1, -0.05) is 27.7 Å². The highest BCUT2D eigenvalue weighted by atomic mass is 32.1. The summed E-state index contributed by atoms with van der Waals surface area (Å²) >= 11 is 3.03. The maximum Gasteiger partial charge on any atom is 0.205 e. The first-order valence-corrected chi connectivity index (χ1v) is 9.68. The fourth-order valence-corrected chi connectivity index (χ4v) is 4.17. The second-order valence-electron chi connectivity index (χ2n) is 6.82. The lowest BCUT2D eigenvalue weighted by molar-refractivity contribution is 0.554. The zero-order valence-electron chi connectivity index (χ0n) is 14.2. The molecular weight excluding hydrogens is 328 g/mol. The summed E-state index contributed by atoms with van der Waals surface area (Å²) in [6.45, 7) is 12.5. The van der Waals surface area contributed by atoms with Gasteiger partial charge in [-0.15, -0.1) is 0 Å². The van der Waals surface area contributed by atoms with Gasteiger partial charge in [0.05, 0.1) is 0 Å². The minimum atomic E-state index is 0.00967. The van der Waals surface area contributed by atoms with Crippen LogP contribution in [0.2, 0.25) is 0 Å². The summed E-state index contributed by atoms with van der Waals surface area (Å²) in [6, 6.07) is 0. The zero-order chi connectivity index (χ0) is 16.4. The summed E-state index contributed by atoms with van der Waals surface area (Å²) in [5.41, 5.74) is 0.00967. The smallest absolute Gasteiger partial charge is 0.205 e. The molecule has 2 aromatic heterocycles. The topological polar surface area (TPSA) is 58.0 Å². The molecule has 0 amide bonds. The Kier molecular flexibility index (Phi) is 4.82. The van der Waals surface area contributed by atoms with Crippen molar-refractivity contribution in [2.75, 3.05) is 36.0 Å². The zero-order valence-corrected chi connectivity index (χ0v) is 15.9. The van der Waals surface area contributed by atoms with Crippen molar-refractivity contribution >= 4 is 33.3 Å². The summed E-state index contributed by atoms with van der Waals surface area (Å²) in [4.78, 5) is 14.1. The molecule has 3 heterocycles. The van der Waals surface area contributed by atoms with Crippen LogP contribution in [0.15, 0.2) is 0 Å². The number of nitrogens with zero attached hydrogens (tertiary/aromatic N) is 6. The van der Waals surface area contributed by atoms with Gasteiger partial charge >= 0.3 is 0 Å². The largest absolute Gasteiger partial charge is 0.345 e. The van der Waals surface area contributed by atoms with Gasteiger partial charge in [0.25, 0.3) is 0 Å². The van der Waals surface area contributed by atoms with E-state index in [0.717, 1.165) is 60.9 Å². The SMILES string of the molecule is CCc1nsc(N2CCCN(c3nc(C(C)(C)C)ns3)CC2)n1. The lowest BCUT2D eigenvalue weighted by Crippen LogP contribution is -2.30. The standard InChI is InChI=1S/C15H24N6S2/c1-5-11-16-13(22-18-11)20-7-6-8-21(10-9-20)14-17-12(19-23-14)15(2,3)4/h5-10H2,1-4H3. The third-order valence-electron chi connectivity index (χ3n) is 3.90. The molecule has 0 radical (unpaired) electrons. The number of hydrogen-bond donors (Lipinski definition) is 0. The Morgan fingerprint density at radius 2 is 1.52 bits per heavy atom. The molecule has 0 atom stereocenters. The van der Waals surface area contributed by atoms with Gasteiger partial charge in [0.1, 0.15) is 11.6 Å². The van der Waals surface area contributed by atoms with E-state index in [9.17, 15) is 0 Å². The normalized spacial score (nSPS) is 16.7. The third kappa shape index (κ3) is 3.80. The van der Waals surface area contributed by atoms with Crippen LogP contribution in [0.1, 0.15) is 45.8 Å². The molecule has 1 aliphatic rings. The van der Waals surface area contributed by atoms with Crippen LogP contribution in [0, 0.1) is 0 Å². The molecule has 0 aromatic carbocycles. The molecular formula is C15H24N6S2. The molecule has 23 heavy (non-hydrogen) atoms. The Morgan fingerprint density at radius 1 is 0.913 bits per heavy atom. The van der Waals surface area contributed by atoms with Crippen molar-refractivity contribution in [1.29, 1.82) is 0 Å². The van der Waals surface area contributed by atoms with Crippen LogP contribution in [0.4, 0.5) is 10.3 Å². The van der Waals surface area contributed by atoms with Crippen LogP contribution in [0.5, 0.6) is 0 Å². The summed E-state index contributed by atoms with van der Waals surface area (Å²) in [5, 5.41) is 2.10. The van der Waals surface area contributed by atoms with E-state index in [4.69, 9.17) is 4.98 Å². The van der Waals surface area contributed by atoms with Gasteiger partial charge in [0.15, 0.2) is 0 Å². The van der Waals surface area contributed by atoms with Gasteiger partial charge in [-0.25, -0.2) is 9.97 Å². The van der Waals surface area contributed by atoms with Crippen LogP contribution < -0.4 is 9.80 Å². The first kappa shape index (κ1) is 16.6. The summed E-state index contributed by atoms with van der Waals surface area (Å²) in [5.74, 6) is 1.89. The maximum absolute atomic E-state index is 4.75. The van der Waals surface area contributed by atoms with Gasteiger partial charge in [-0.2, -0.15) is 8.75 Å². The van der Waals surface area contributed by atoms with E-state index in [1.165, 1.54) is 23.1 Å². The molecule has 0 bridgehead atoms. The van der Waals surface area contributed by atoms with E-state index in [-0.39, 0.29) is 5.41 Å². The van der Waals surface area contributed by atoms with Gasteiger partial charge in [0, 0.05) is 61.1 Å². The second-order valence-corrected chi connectivity index (χ2v) is 8.29. The number of rotatable bonds is 3. The first-order chi connectivity index (χ1) is 11.0. The first-order valence-electron chi connectivity index (χ1n) is 8.14. The molecule has 8 heteroatoms. The van der Waals surface area contributed by atoms with E-state index in [1.54, 1.807) is 0 Å². The Balaban J connectivity index is 1.67. The molecule has 1 fully saturated rings. The molecule has 126 valence electrons. The fourth-order valence-electron chi connectivity index (χ4n) is 2.47. The number of aryl methyl sites for hydroxylation is 1. The monoisotopic (exact) mass is 352 g/mol. The van der Waals surface area contributed by atoms with Crippen LogP contribution in [-0.2, 0) is 11.8 Å². The molecule has 3 rings (SSSR count). The fraction of sp³-hybridized carbons (Fsp3) is 0.733. The highest BCUT2D eigenvalue weighted by molar-refractivity contribution is 7.10. The predicted octanol–water partition coefficient (Wildman–Crippen LogP) is 2.97. The molecule has 0 aliphatic carbocycles. The van der Waals surface area contributed by atoms with Crippen molar-refractivity contribution in [2.45, 2.75) is 46.0 Å². The number of aromatic nitrogens is 4. The van der Waals surface area contributed by atoms with Gasteiger partial charge < -0.3 is 9.80 Å². The van der Waals surface area contributed by atoms with Crippen molar-refractivity contribution in [3.8, 4) is 0 Å². The lowest BCUT2D eigenvalue weighted by Gasteiger charge is -2.20. The maximum atomic E-state index is 4.75. The van der Waals surface area contributed by atoms with Crippen molar-refractivity contribution in [3.05, 3.63) is 11.6 Å². The minimum absolute atomic E-state index is 0.00967. The number of hydrogen-bond acceptors (Lipinski definition) is 8. The van der Waals surface area contributed by atoms with Crippen LogP contribution >= 0.6 is 23.1 Å².